The van der Waals surface area contributed by atoms with E-state index in [1.165, 1.54) is 25.3 Å². The van der Waals surface area contributed by atoms with E-state index < -0.39 is 85.7 Å². The molecule has 2 aromatic carbocycles. The maximum absolute atomic E-state index is 13.9. The minimum Gasteiger partial charge on any atom is -0.507 e. The highest BCUT2D eigenvalue weighted by Gasteiger charge is 2.50. The predicted octanol–water partition coefficient (Wildman–Crippen LogP) is 3.50. The van der Waals surface area contributed by atoms with Gasteiger partial charge in [-0.25, -0.2) is 0 Å². The van der Waals surface area contributed by atoms with Gasteiger partial charge in [-0.05, 0) is 50.4 Å². The van der Waals surface area contributed by atoms with E-state index in [1.54, 1.807) is 0 Å². The van der Waals surface area contributed by atoms with Gasteiger partial charge in [0.1, 0.15) is 35.2 Å². The number of ether oxygens (including phenoxy) is 3. The molecule has 0 radical (unpaired) electrons. The number of aromatic hydroxyl groups is 2. The molecule has 0 aromatic heterocycles. The smallest absolute Gasteiger partial charge is 0.202 e. The van der Waals surface area contributed by atoms with E-state index in [9.17, 15) is 44.4 Å². The third kappa shape index (κ3) is 6.59. The molecule has 1 heterocycles. The fraction of sp³-hybridized carbons (Fsp3) is 0.543. The molecule has 0 amide bonds. The second-order valence-corrected chi connectivity index (χ2v) is 18.2. The fourth-order valence-corrected chi connectivity index (χ4v) is 8.35. The first-order valence-electron chi connectivity index (χ1n) is 16.3. The minimum absolute atomic E-state index is 0.0212. The molecule has 5 rings (SSSR count). The standard InChI is InChI=1S/C35H44O12Si/c1-17-18(2)46-26(13-19(17)12-20(37)8-7-11-48(4,5)44)47-24-15-35(43,25(38)16-36)14-22-28(24)34(42)30-29(32(22)40)31(39)21-9-6-10-23(45-3)27(21)33(30)41/h6,9-10,17-19,24,26,36,40,42-44H,7-8,11-16H2,1-5H3/t17-,18+,19+,24+,26+,35+/m1/s1. The SMILES string of the molecule is COc1cccc2c1C(=O)c1c(O)c3c(c(O)c1C2=O)C[C@@](O)(C(=O)CO)C[C@@H]3O[C@H]1C[C@H](CC(=O)CCC[Si](C)(C)O)[C@H](C)[C@H](C)O1. The number of methoxy groups -OCH3 is 1. The number of aliphatic hydroxyl groups excluding tert-OH is 1. The molecule has 0 spiro atoms. The molecule has 3 aliphatic rings. The molecule has 1 fully saturated rings. The number of phenols is 2. The Bertz CT molecular complexity index is 1650. The molecular formula is C35H44O12Si. The van der Waals surface area contributed by atoms with Crippen LogP contribution in [0.4, 0.5) is 0 Å². The Kier molecular flexibility index (Phi) is 10.0. The van der Waals surface area contributed by atoms with E-state index >= 15 is 0 Å². The van der Waals surface area contributed by atoms with Crippen LogP contribution in [0.1, 0.15) is 95.0 Å². The van der Waals surface area contributed by atoms with E-state index in [4.69, 9.17) is 14.2 Å². The zero-order chi connectivity index (χ0) is 35.3. The van der Waals surface area contributed by atoms with Gasteiger partial charge in [0.15, 0.2) is 26.2 Å². The third-order valence-corrected chi connectivity index (χ3v) is 11.7. The van der Waals surface area contributed by atoms with Gasteiger partial charge in [0.05, 0.1) is 36.0 Å². The van der Waals surface area contributed by atoms with Crippen LogP contribution in [0.15, 0.2) is 18.2 Å². The van der Waals surface area contributed by atoms with E-state index in [2.05, 4.69) is 0 Å². The average Bonchev–Trinajstić information content (AvgIpc) is 3.02. The number of rotatable bonds is 11. The summed E-state index contributed by atoms with van der Waals surface area (Å²) < 4.78 is 17.8. The molecule has 48 heavy (non-hydrogen) atoms. The largest absolute Gasteiger partial charge is 0.507 e. The van der Waals surface area contributed by atoms with Crippen molar-refractivity contribution in [2.45, 2.75) is 95.6 Å². The summed E-state index contributed by atoms with van der Waals surface area (Å²) in [5.41, 5.74) is -3.56. The number of carbonyl (C=O) groups is 4. The van der Waals surface area contributed by atoms with Crippen LogP contribution in [0.3, 0.4) is 0 Å². The first-order chi connectivity index (χ1) is 22.5. The van der Waals surface area contributed by atoms with Gasteiger partial charge in [-0.2, -0.15) is 0 Å². The van der Waals surface area contributed by atoms with Crippen molar-refractivity contribution in [2.24, 2.45) is 11.8 Å². The van der Waals surface area contributed by atoms with Crippen LogP contribution >= 0.6 is 0 Å². The van der Waals surface area contributed by atoms with Gasteiger partial charge in [-0.15, -0.1) is 0 Å². The van der Waals surface area contributed by atoms with Crippen molar-refractivity contribution in [3.8, 4) is 17.2 Å². The van der Waals surface area contributed by atoms with Crippen molar-refractivity contribution in [2.75, 3.05) is 13.7 Å². The van der Waals surface area contributed by atoms with Crippen LogP contribution in [0.5, 0.6) is 17.2 Å². The van der Waals surface area contributed by atoms with Crippen molar-refractivity contribution < 1.29 is 58.6 Å². The van der Waals surface area contributed by atoms with Crippen LogP contribution < -0.4 is 4.74 Å². The van der Waals surface area contributed by atoms with Crippen molar-refractivity contribution in [1.82, 2.24) is 0 Å². The molecule has 13 heteroatoms. The predicted molar refractivity (Wildman–Crippen MR) is 174 cm³/mol. The van der Waals surface area contributed by atoms with Crippen LogP contribution in [0.2, 0.25) is 19.1 Å². The van der Waals surface area contributed by atoms with Gasteiger partial charge in [-0.3, -0.25) is 19.2 Å². The van der Waals surface area contributed by atoms with Crippen molar-refractivity contribution in [3.63, 3.8) is 0 Å². The lowest BCUT2D eigenvalue weighted by Crippen LogP contribution is -2.48. The van der Waals surface area contributed by atoms with Crippen molar-refractivity contribution in [1.29, 1.82) is 0 Å². The Labute approximate surface area is 279 Å². The van der Waals surface area contributed by atoms with Gasteiger partial charge < -0.3 is 39.4 Å². The first-order valence-corrected chi connectivity index (χ1v) is 19.4. The first kappa shape index (κ1) is 35.8. The molecule has 0 unspecified atom stereocenters. The Balaban J connectivity index is 1.52. The van der Waals surface area contributed by atoms with Gasteiger partial charge in [0.2, 0.25) is 5.78 Å². The van der Waals surface area contributed by atoms with Crippen LogP contribution in [0.25, 0.3) is 0 Å². The number of hydrogen-bond acceptors (Lipinski definition) is 12. The monoisotopic (exact) mass is 684 g/mol. The number of fused-ring (bicyclic) bond motifs is 3. The molecule has 2 aromatic rings. The molecule has 5 N–H and O–H groups in total. The summed E-state index contributed by atoms with van der Waals surface area (Å²) in [6, 6.07) is 5.02. The lowest BCUT2D eigenvalue weighted by Gasteiger charge is -2.43. The summed E-state index contributed by atoms with van der Waals surface area (Å²) in [5.74, 6) is -3.83. The maximum Gasteiger partial charge on any atom is 0.202 e. The summed E-state index contributed by atoms with van der Waals surface area (Å²) in [5, 5.41) is 44.5. The second-order valence-electron chi connectivity index (χ2n) is 14.0. The summed E-state index contributed by atoms with van der Waals surface area (Å²) in [7, 11) is -0.940. The normalized spacial score (nSPS) is 26.8. The topological polar surface area (TPSA) is 197 Å². The summed E-state index contributed by atoms with van der Waals surface area (Å²) in [6.45, 7) is 6.46. The van der Waals surface area contributed by atoms with Gasteiger partial charge in [0.25, 0.3) is 0 Å². The summed E-state index contributed by atoms with van der Waals surface area (Å²) in [4.78, 5) is 63.5. The van der Waals surface area contributed by atoms with Crippen molar-refractivity contribution in [3.05, 3.63) is 51.6 Å². The zero-order valence-corrected chi connectivity index (χ0v) is 28.9. The Morgan fingerprint density at radius 1 is 1.06 bits per heavy atom. The molecule has 6 atom stereocenters. The number of phenolic OH excluding ortho intramolecular Hbond substituents is 2. The molecule has 0 bridgehead atoms. The van der Waals surface area contributed by atoms with E-state index in [0.29, 0.717) is 18.9 Å². The average molecular weight is 685 g/mol. The zero-order valence-electron chi connectivity index (χ0n) is 27.9. The molecular weight excluding hydrogens is 640 g/mol. The Hall–Kier alpha value is -3.46. The van der Waals surface area contributed by atoms with E-state index in [-0.39, 0.29) is 64.6 Å². The molecule has 260 valence electrons. The number of ketones is 4. The summed E-state index contributed by atoms with van der Waals surface area (Å²) >= 11 is 0. The number of Topliss-reactive ketones (excluding diaryl/α,β-unsaturated/α-hetero) is 2. The highest BCUT2D eigenvalue weighted by molar-refractivity contribution is 6.69. The van der Waals surface area contributed by atoms with Gasteiger partial charge in [-0.1, -0.05) is 19.1 Å². The quantitative estimate of drug-likeness (QED) is 0.146. The molecule has 0 saturated carbocycles. The Morgan fingerprint density at radius 3 is 2.40 bits per heavy atom. The number of hydrogen-bond donors (Lipinski definition) is 5. The fourth-order valence-electron chi connectivity index (χ4n) is 7.31. The molecule has 1 aliphatic heterocycles. The molecule has 1 saturated heterocycles. The van der Waals surface area contributed by atoms with Crippen LogP contribution in [-0.2, 0) is 25.5 Å². The summed E-state index contributed by atoms with van der Waals surface area (Å²) in [6.07, 6.45) is -2.23. The van der Waals surface area contributed by atoms with E-state index in [0.717, 1.165) is 0 Å². The Morgan fingerprint density at radius 2 is 1.75 bits per heavy atom. The van der Waals surface area contributed by atoms with Crippen LogP contribution in [-0.4, -0.2) is 88.4 Å². The van der Waals surface area contributed by atoms with Crippen molar-refractivity contribution >= 4 is 31.5 Å². The van der Waals surface area contributed by atoms with Crippen LogP contribution in [0, 0.1) is 11.8 Å². The number of aliphatic hydroxyl groups is 2. The highest BCUT2D eigenvalue weighted by Crippen LogP contribution is 2.53. The lowest BCUT2D eigenvalue weighted by molar-refractivity contribution is -0.245. The van der Waals surface area contributed by atoms with Gasteiger partial charge >= 0.3 is 0 Å². The molecule has 12 nitrogen and oxygen atoms in total. The second kappa shape index (κ2) is 13.4. The van der Waals surface area contributed by atoms with E-state index in [1.807, 2.05) is 26.9 Å². The lowest BCUT2D eigenvalue weighted by atomic mass is 9.72. The number of carbonyl (C=O) groups excluding carboxylic acids is 4. The maximum atomic E-state index is 13.9. The highest BCUT2D eigenvalue weighted by atomic mass is 28.4. The number of benzene rings is 2. The molecule has 2 aliphatic carbocycles. The van der Waals surface area contributed by atoms with Gasteiger partial charge in [0, 0.05) is 48.8 Å². The minimum atomic E-state index is -2.27. The third-order valence-electron chi connectivity index (χ3n) is 10.1.